The maximum absolute atomic E-state index is 15.0. The molecule has 4 aromatic rings. The van der Waals surface area contributed by atoms with Crippen molar-refractivity contribution in [2.75, 3.05) is 48.8 Å². The molecule has 1 amide bonds. The Morgan fingerprint density at radius 3 is 2.37 bits per heavy atom. The van der Waals surface area contributed by atoms with E-state index in [0.717, 1.165) is 26.2 Å². The van der Waals surface area contributed by atoms with E-state index in [1.165, 1.54) is 24.3 Å². The molecule has 0 radical (unpaired) electrons. The van der Waals surface area contributed by atoms with E-state index in [9.17, 15) is 18.8 Å². The third kappa shape index (κ3) is 9.62. The summed E-state index contributed by atoms with van der Waals surface area (Å²) in [5, 5.41) is 22.6. The topological polar surface area (TPSA) is 173 Å². The highest BCUT2D eigenvalue weighted by Gasteiger charge is 2.18. The van der Waals surface area contributed by atoms with Crippen LogP contribution in [0.25, 0.3) is 11.0 Å². The standard InChI is InChI=1S/C26H26FN7O2.C6H8O4/c1-3-23(35)29-17-5-4-6-19(15-17)36-25-20-9-10-28-24(20)31-26(32-25)30-18-7-8-22(21(27)16-18)34-13-11-33(2)12-14-34;7-5(8)3-1-2-4-6(9)10/h3-10,15-16H,1,11-14H2,2H3,(H,29,35)(H2,28,30,31,32);1-2H,3-4H2,(H,7,8)(H,9,10)/b;2-1-. The number of aromatic nitrogens is 3. The number of carboxylic acids is 2. The lowest BCUT2D eigenvalue weighted by atomic mass is 10.2. The molecule has 0 atom stereocenters. The van der Waals surface area contributed by atoms with Gasteiger partial charge in [-0.1, -0.05) is 24.8 Å². The molecule has 13 nitrogen and oxygen atoms in total. The number of nitrogens with zero attached hydrogens (tertiary/aromatic N) is 4. The Kier molecular flexibility index (Phi) is 11.4. The van der Waals surface area contributed by atoms with Crippen molar-refractivity contribution in [3.8, 4) is 11.6 Å². The van der Waals surface area contributed by atoms with Gasteiger partial charge in [0.25, 0.3) is 0 Å². The third-order valence-corrected chi connectivity index (χ3v) is 6.68. The lowest BCUT2D eigenvalue weighted by Gasteiger charge is -2.34. The zero-order valence-corrected chi connectivity index (χ0v) is 25.1. The molecule has 0 saturated carbocycles. The number of nitrogens with one attached hydrogen (secondary N) is 3. The second kappa shape index (κ2) is 15.8. The van der Waals surface area contributed by atoms with Gasteiger partial charge < -0.3 is 40.4 Å². The quantitative estimate of drug-likeness (QED) is 0.111. The van der Waals surface area contributed by atoms with E-state index in [1.807, 2.05) is 12.1 Å². The van der Waals surface area contributed by atoms with Gasteiger partial charge in [0.15, 0.2) is 0 Å². The molecule has 2 aromatic heterocycles. The van der Waals surface area contributed by atoms with E-state index in [1.54, 1.807) is 36.5 Å². The molecule has 1 fully saturated rings. The number of amides is 1. The highest BCUT2D eigenvalue weighted by Crippen LogP contribution is 2.31. The molecule has 5 rings (SSSR count). The highest BCUT2D eigenvalue weighted by molar-refractivity contribution is 5.99. The van der Waals surface area contributed by atoms with Gasteiger partial charge in [0.2, 0.25) is 17.7 Å². The minimum absolute atomic E-state index is 0.118. The van der Waals surface area contributed by atoms with Crippen molar-refractivity contribution in [1.29, 1.82) is 0 Å². The second-order valence-electron chi connectivity index (χ2n) is 10.2. The molecule has 1 aliphatic rings. The molecule has 1 aliphatic heterocycles. The molecule has 1 saturated heterocycles. The summed E-state index contributed by atoms with van der Waals surface area (Å²) in [6.45, 7) is 6.82. The van der Waals surface area contributed by atoms with E-state index in [0.29, 0.717) is 39.7 Å². The van der Waals surface area contributed by atoms with E-state index < -0.39 is 11.9 Å². The minimum Gasteiger partial charge on any atom is -0.481 e. The van der Waals surface area contributed by atoms with Crippen LogP contribution in [0, 0.1) is 5.82 Å². The van der Waals surface area contributed by atoms with Crippen LogP contribution in [0.2, 0.25) is 0 Å². The number of halogens is 1. The van der Waals surface area contributed by atoms with Crippen molar-refractivity contribution in [2.24, 2.45) is 0 Å². The maximum atomic E-state index is 15.0. The number of benzene rings is 2. The molecule has 46 heavy (non-hydrogen) atoms. The number of rotatable bonds is 11. The summed E-state index contributed by atoms with van der Waals surface area (Å²) < 4.78 is 21.0. The van der Waals surface area contributed by atoms with Gasteiger partial charge in [0, 0.05) is 49.8 Å². The van der Waals surface area contributed by atoms with E-state index in [-0.39, 0.29) is 30.5 Å². The van der Waals surface area contributed by atoms with Gasteiger partial charge in [0.05, 0.1) is 23.9 Å². The largest absolute Gasteiger partial charge is 0.481 e. The number of anilines is 4. The molecular weight excluding hydrogens is 597 g/mol. The highest BCUT2D eigenvalue weighted by atomic mass is 19.1. The number of ether oxygens (including phenoxy) is 1. The number of carbonyl (C=O) groups is 3. The first-order valence-corrected chi connectivity index (χ1v) is 14.3. The van der Waals surface area contributed by atoms with Crippen molar-refractivity contribution >= 4 is 51.9 Å². The number of piperazine rings is 1. The molecule has 2 aromatic carbocycles. The summed E-state index contributed by atoms with van der Waals surface area (Å²) in [4.78, 5) is 47.7. The van der Waals surface area contributed by atoms with Crippen molar-refractivity contribution < 1.29 is 33.7 Å². The van der Waals surface area contributed by atoms with E-state index >= 15 is 0 Å². The zero-order valence-electron chi connectivity index (χ0n) is 25.1. The van der Waals surface area contributed by atoms with Crippen molar-refractivity contribution in [1.82, 2.24) is 19.9 Å². The lowest BCUT2D eigenvalue weighted by Crippen LogP contribution is -2.44. The predicted molar refractivity (Wildman–Crippen MR) is 172 cm³/mol. The van der Waals surface area contributed by atoms with Crippen LogP contribution in [0.1, 0.15) is 12.8 Å². The Morgan fingerprint density at radius 2 is 1.72 bits per heavy atom. The molecule has 0 spiro atoms. The van der Waals surface area contributed by atoms with Gasteiger partial charge in [-0.25, -0.2) is 4.39 Å². The van der Waals surface area contributed by atoms with Gasteiger partial charge in [0.1, 0.15) is 17.2 Å². The molecule has 5 N–H and O–H groups in total. The minimum atomic E-state index is -0.957. The Balaban J connectivity index is 0.000000416. The van der Waals surface area contributed by atoms with Crippen LogP contribution in [0.15, 0.2) is 79.5 Å². The van der Waals surface area contributed by atoms with Crippen LogP contribution >= 0.6 is 0 Å². The molecule has 0 aliphatic carbocycles. The number of H-pyrrole nitrogens is 1. The predicted octanol–water partition coefficient (Wildman–Crippen LogP) is 5.00. The average molecular weight is 632 g/mol. The summed E-state index contributed by atoms with van der Waals surface area (Å²) >= 11 is 0. The Bertz CT molecular complexity index is 1720. The number of aromatic amines is 1. The first kappa shape index (κ1) is 33.1. The van der Waals surface area contributed by atoms with Crippen LogP contribution in [0.5, 0.6) is 11.6 Å². The second-order valence-corrected chi connectivity index (χ2v) is 10.2. The maximum Gasteiger partial charge on any atom is 0.307 e. The van der Waals surface area contributed by atoms with Crippen LogP contribution in [-0.4, -0.2) is 81.1 Å². The lowest BCUT2D eigenvalue weighted by molar-refractivity contribution is -0.137. The molecule has 14 heteroatoms. The molecular formula is C32H34FN7O6. The summed E-state index contributed by atoms with van der Waals surface area (Å²) in [5.41, 5.74) is 2.23. The Morgan fingerprint density at radius 1 is 1.00 bits per heavy atom. The molecule has 0 bridgehead atoms. The fourth-order valence-corrected chi connectivity index (χ4v) is 4.37. The van der Waals surface area contributed by atoms with Crippen molar-refractivity contribution in [2.45, 2.75) is 12.8 Å². The number of aliphatic carboxylic acids is 2. The SMILES string of the molecule is C=CC(=O)Nc1cccc(Oc2nc(Nc3ccc(N4CCN(C)CC4)c(F)c3)nc3[nH]ccc23)c1.O=C(O)C/C=C\CC(=O)O. The zero-order chi connectivity index (χ0) is 33.1. The molecule has 240 valence electrons. The van der Waals surface area contributed by atoms with E-state index in [2.05, 4.69) is 49.0 Å². The van der Waals surface area contributed by atoms with Crippen molar-refractivity contribution in [3.05, 3.63) is 85.4 Å². The van der Waals surface area contributed by atoms with Crippen LogP contribution in [0.3, 0.4) is 0 Å². The van der Waals surface area contributed by atoms with Gasteiger partial charge in [-0.2, -0.15) is 9.97 Å². The van der Waals surface area contributed by atoms with Gasteiger partial charge in [-0.15, -0.1) is 0 Å². The first-order valence-electron chi connectivity index (χ1n) is 14.3. The van der Waals surface area contributed by atoms with Crippen molar-refractivity contribution in [3.63, 3.8) is 0 Å². The number of likely N-dealkylation sites (N-methyl/N-ethyl adjacent to an activating group) is 1. The summed E-state index contributed by atoms with van der Waals surface area (Å²) in [6.07, 6.45) is 5.33. The molecule has 0 unspecified atom stereocenters. The number of fused-ring (bicyclic) bond motifs is 1. The molecule has 3 heterocycles. The Hall–Kier alpha value is -5.76. The summed E-state index contributed by atoms with van der Waals surface area (Å²) in [7, 11) is 2.07. The van der Waals surface area contributed by atoms with Crippen LogP contribution in [-0.2, 0) is 14.4 Å². The van der Waals surface area contributed by atoms with Gasteiger partial charge in [-0.05, 0) is 49.5 Å². The smallest absolute Gasteiger partial charge is 0.307 e. The normalized spacial score (nSPS) is 13.1. The van der Waals surface area contributed by atoms with Gasteiger partial charge >= 0.3 is 11.9 Å². The number of carboxylic acid groups (broad SMARTS) is 2. The summed E-state index contributed by atoms with van der Waals surface area (Å²) in [6, 6.07) is 13.8. The monoisotopic (exact) mass is 631 g/mol. The van der Waals surface area contributed by atoms with Crippen LogP contribution in [0.4, 0.5) is 27.4 Å². The number of hydrogen-bond acceptors (Lipinski definition) is 9. The third-order valence-electron chi connectivity index (χ3n) is 6.68. The van der Waals surface area contributed by atoms with E-state index in [4.69, 9.17) is 14.9 Å². The average Bonchev–Trinajstić information content (AvgIpc) is 3.49. The van der Waals surface area contributed by atoms with Crippen LogP contribution < -0.4 is 20.3 Å². The summed E-state index contributed by atoms with van der Waals surface area (Å²) in [5.74, 6) is -1.50. The Labute approximate surface area is 264 Å². The van der Waals surface area contributed by atoms with Gasteiger partial charge in [-0.3, -0.25) is 14.4 Å². The number of hydrogen-bond donors (Lipinski definition) is 5. The first-order chi connectivity index (χ1) is 22.1. The fourth-order valence-electron chi connectivity index (χ4n) is 4.37. The fraction of sp³-hybridized carbons (Fsp3) is 0.219. The number of carbonyl (C=O) groups excluding carboxylic acids is 1.